The molecule has 2 aliphatic heterocycles. The zero-order valence-corrected chi connectivity index (χ0v) is 16.9. The van der Waals surface area contributed by atoms with Gasteiger partial charge in [-0.25, -0.2) is 9.67 Å². The fourth-order valence-corrected chi connectivity index (χ4v) is 5.76. The highest BCUT2D eigenvalue weighted by molar-refractivity contribution is 7.16. The molecule has 0 unspecified atom stereocenters. The summed E-state index contributed by atoms with van der Waals surface area (Å²) in [6.07, 6.45) is 7.54. The molecule has 1 aliphatic carbocycles. The maximum atomic E-state index is 5.82. The summed E-state index contributed by atoms with van der Waals surface area (Å²) in [4.78, 5) is 6.59. The summed E-state index contributed by atoms with van der Waals surface area (Å²) >= 11 is 1.91. The van der Waals surface area contributed by atoms with Crippen LogP contribution in [0.15, 0.2) is 11.1 Å². The Bertz CT molecular complexity index is 877. The number of rotatable bonds is 3. The van der Waals surface area contributed by atoms with Crippen molar-refractivity contribution >= 4 is 22.3 Å². The van der Waals surface area contributed by atoms with Gasteiger partial charge in [0, 0.05) is 29.3 Å². The van der Waals surface area contributed by atoms with E-state index < -0.39 is 0 Å². The smallest absolute Gasteiger partial charge is 0.226 e. The second kappa shape index (κ2) is 7.04. The molecule has 3 aliphatic rings. The average molecular weight is 386 g/mol. The third-order valence-corrected chi connectivity index (χ3v) is 6.96. The van der Waals surface area contributed by atoms with E-state index in [0.717, 1.165) is 43.3 Å². The normalized spacial score (nSPS) is 24.3. The number of nitrogens with one attached hydrogen (secondary N) is 2. The van der Waals surface area contributed by atoms with Crippen molar-refractivity contribution in [3.63, 3.8) is 0 Å². The van der Waals surface area contributed by atoms with E-state index >= 15 is 0 Å². The van der Waals surface area contributed by atoms with Crippen LogP contribution in [-0.2, 0) is 17.6 Å². The molecule has 0 aromatic carbocycles. The predicted octanol–water partition coefficient (Wildman–Crippen LogP) is 3.54. The lowest BCUT2D eigenvalue weighted by atomic mass is 9.94. The van der Waals surface area contributed by atoms with Crippen molar-refractivity contribution in [1.29, 1.82) is 0 Å². The third-order valence-electron chi connectivity index (χ3n) is 5.74. The van der Waals surface area contributed by atoms with Gasteiger partial charge in [0.1, 0.15) is 11.2 Å². The van der Waals surface area contributed by atoms with E-state index in [1.165, 1.54) is 46.7 Å². The molecular formula is C20H27N5OS. The van der Waals surface area contributed by atoms with Gasteiger partial charge in [0.25, 0.3) is 0 Å². The van der Waals surface area contributed by atoms with Crippen molar-refractivity contribution in [2.24, 2.45) is 4.99 Å². The Morgan fingerprint density at radius 2 is 2.19 bits per heavy atom. The molecule has 7 heteroatoms. The summed E-state index contributed by atoms with van der Waals surface area (Å²) in [6, 6.07) is 2.09. The summed E-state index contributed by atoms with van der Waals surface area (Å²) in [5, 5.41) is 13.2. The van der Waals surface area contributed by atoms with Crippen LogP contribution >= 0.6 is 11.3 Å². The number of ether oxygens (including phenoxy) is 1. The van der Waals surface area contributed by atoms with Crippen LogP contribution in [0.25, 0.3) is 0 Å². The van der Waals surface area contributed by atoms with E-state index in [-0.39, 0.29) is 6.17 Å². The largest absolute Gasteiger partial charge is 0.377 e. The fourth-order valence-electron chi connectivity index (χ4n) is 4.44. The van der Waals surface area contributed by atoms with E-state index in [1.54, 1.807) is 0 Å². The van der Waals surface area contributed by atoms with Crippen LogP contribution in [0.1, 0.15) is 59.2 Å². The minimum atomic E-state index is -0.0255. The second-order valence-corrected chi connectivity index (χ2v) is 8.92. The van der Waals surface area contributed by atoms with Crippen molar-refractivity contribution in [3.8, 4) is 0 Å². The Balaban J connectivity index is 1.50. The van der Waals surface area contributed by atoms with Gasteiger partial charge in [-0.1, -0.05) is 0 Å². The molecule has 6 nitrogen and oxygen atoms in total. The van der Waals surface area contributed by atoms with Crippen LogP contribution in [-0.4, -0.2) is 35.0 Å². The van der Waals surface area contributed by atoms with E-state index in [1.807, 2.05) is 22.9 Å². The number of aliphatic imine (C=N–C) groups is 1. The van der Waals surface area contributed by atoms with Crippen molar-refractivity contribution in [3.05, 3.63) is 33.5 Å². The zero-order chi connectivity index (χ0) is 18.4. The first kappa shape index (κ1) is 17.4. The topological polar surface area (TPSA) is 63.5 Å². The molecule has 0 bridgehead atoms. The number of hydrogen-bond donors (Lipinski definition) is 2. The summed E-state index contributed by atoms with van der Waals surface area (Å²) in [5.74, 6) is 0.816. The highest BCUT2D eigenvalue weighted by Gasteiger charge is 2.31. The number of hydrogen-bond acceptors (Lipinski definition) is 6. The lowest BCUT2D eigenvalue weighted by Crippen LogP contribution is -2.36. The lowest BCUT2D eigenvalue weighted by molar-refractivity contribution is 0.107. The monoisotopic (exact) mass is 385 g/mol. The molecule has 2 atom stereocenters. The third kappa shape index (κ3) is 3.22. The van der Waals surface area contributed by atoms with Crippen LogP contribution < -0.4 is 10.6 Å². The number of fused-ring (bicyclic) bond motifs is 3. The van der Waals surface area contributed by atoms with E-state index in [0.29, 0.717) is 6.10 Å². The lowest BCUT2D eigenvalue weighted by Gasteiger charge is -2.26. The highest BCUT2D eigenvalue weighted by atomic mass is 32.1. The van der Waals surface area contributed by atoms with Crippen molar-refractivity contribution < 1.29 is 4.74 Å². The van der Waals surface area contributed by atoms with Crippen LogP contribution in [0.4, 0.5) is 5.00 Å². The first-order valence-electron chi connectivity index (χ1n) is 10.1. The number of aromatic nitrogens is 2. The number of thiophene rings is 1. The molecule has 1 fully saturated rings. The Hall–Kier alpha value is -1.70. The van der Waals surface area contributed by atoms with Gasteiger partial charge >= 0.3 is 0 Å². The summed E-state index contributed by atoms with van der Waals surface area (Å²) in [5.41, 5.74) is 4.99. The van der Waals surface area contributed by atoms with Crippen LogP contribution in [0, 0.1) is 13.8 Å². The number of aryl methyl sites for hydroxylation is 3. The van der Waals surface area contributed by atoms with E-state index in [4.69, 9.17) is 9.73 Å². The maximum Gasteiger partial charge on any atom is 0.226 e. The van der Waals surface area contributed by atoms with Gasteiger partial charge in [-0.15, -0.1) is 11.3 Å². The molecular weight excluding hydrogens is 358 g/mol. The molecule has 1 saturated heterocycles. The Morgan fingerprint density at radius 1 is 1.30 bits per heavy atom. The molecule has 2 N–H and O–H groups in total. The van der Waals surface area contributed by atoms with Crippen molar-refractivity contribution in [2.75, 3.05) is 18.5 Å². The molecule has 27 heavy (non-hydrogen) atoms. The molecule has 2 aromatic heterocycles. The van der Waals surface area contributed by atoms with Gasteiger partial charge in [0.2, 0.25) is 5.96 Å². The molecule has 0 amide bonds. The first-order valence-corrected chi connectivity index (χ1v) is 10.9. The average Bonchev–Trinajstić information content (AvgIpc) is 3.37. The Kier molecular flexibility index (Phi) is 4.53. The molecule has 144 valence electrons. The SMILES string of the molecule is Cc1cc(C)n(C2=N[C@H](NC[C@H]3CCCO3)c3c(sc4c3CCCC4)N2)n1. The molecule has 4 heterocycles. The van der Waals surface area contributed by atoms with Gasteiger partial charge in [-0.2, -0.15) is 5.10 Å². The van der Waals surface area contributed by atoms with Crippen LogP contribution in [0.5, 0.6) is 0 Å². The second-order valence-electron chi connectivity index (χ2n) is 7.82. The Labute approximate surface area is 164 Å². The molecule has 2 aromatic rings. The van der Waals surface area contributed by atoms with Gasteiger partial charge in [0.15, 0.2) is 0 Å². The number of anilines is 1. The van der Waals surface area contributed by atoms with Crippen LogP contribution in [0.2, 0.25) is 0 Å². The van der Waals surface area contributed by atoms with Gasteiger partial charge in [-0.05, 0) is 64.0 Å². The summed E-state index contributed by atoms with van der Waals surface area (Å²) in [7, 11) is 0. The van der Waals surface area contributed by atoms with Crippen molar-refractivity contribution in [2.45, 2.75) is 64.6 Å². The molecule has 0 radical (unpaired) electrons. The molecule has 5 rings (SSSR count). The van der Waals surface area contributed by atoms with Crippen LogP contribution in [0.3, 0.4) is 0 Å². The summed E-state index contributed by atoms with van der Waals surface area (Å²) < 4.78 is 7.75. The number of nitrogens with zero attached hydrogens (tertiary/aromatic N) is 3. The quantitative estimate of drug-likeness (QED) is 0.848. The minimum Gasteiger partial charge on any atom is -0.377 e. The first-order chi connectivity index (χ1) is 13.2. The van der Waals surface area contributed by atoms with E-state index in [2.05, 4.69) is 28.7 Å². The molecule has 0 spiro atoms. The van der Waals surface area contributed by atoms with Gasteiger partial charge in [0.05, 0.1) is 11.8 Å². The summed E-state index contributed by atoms with van der Waals surface area (Å²) in [6.45, 7) is 5.84. The van der Waals surface area contributed by atoms with Crippen molar-refractivity contribution in [1.82, 2.24) is 15.1 Å². The maximum absolute atomic E-state index is 5.82. The zero-order valence-electron chi connectivity index (χ0n) is 16.0. The van der Waals surface area contributed by atoms with E-state index in [9.17, 15) is 0 Å². The Morgan fingerprint density at radius 3 is 2.96 bits per heavy atom. The molecule has 0 saturated carbocycles. The predicted molar refractivity (Wildman–Crippen MR) is 109 cm³/mol. The fraction of sp³-hybridized carbons (Fsp3) is 0.600. The van der Waals surface area contributed by atoms with Gasteiger partial charge in [-0.3, -0.25) is 5.32 Å². The highest BCUT2D eigenvalue weighted by Crippen LogP contribution is 2.43. The minimum absolute atomic E-state index is 0.0255. The standard InChI is InChI=1S/C20H27N5OS/c1-12-10-13(2)25(24-12)20-22-18(21-11-14-6-5-9-26-14)17-15-7-3-4-8-16(15)27-19(17)23-20/h10,14,18,21H,3-9,11H2,1-2H3,(H,22,23)/t14-,18+/m1/s1. The van der Waals surface area contributed by atoms with Gasteiger partial charge < -0.3 is 10.1 Å².